The molecular weight excluding hydrogens is 441 g/mol. The van der Waals surface area contributed by atoms with E-state index in [2.05, 4.69) is 10.1 Å². The summed E-state index contributed by atoms with van der Waals surface area (Å²) in [4.78, 5) is 36.0. The maximum atomic E-state index is 13.3. The Balaban J connectivity index is 1.90. The first-order chi connectivity index (χ1) is 15.6. The third-order valence-corrected chi connectivity index (χ3v) is 5.44. The van der Waals surface area contributed by atoms with Crippen molar-refractivity contribution in [3.63, 3.8) is 0 Å². The Hall–Kier alpha value is -4.08. The van der Waals surface area contributed by atoms with Crippen LogP contribution >= 0.6 is 0 Å². The third kappa shape index (κ3) is 4.07. The lowest BCUT2D eigenvalue weighted by Gasteiger charge is -2.26. The Kier molecular flexibility index (Phi) is 5.44. The lowest BCUT2D eigenvalue weighted by Crippen LogP contribution is -2.25. The van der Waals surface area contributed by atoms with Crippen LogP contribution in [0.2, 0.25) is 0 Å². The highest BCUT2D eigenvalue weighted by Gasteiger charge is 2.35. The molecule has 10 heteroatoms. The number of alkyl halides is 3. The van der Waals surface area contributed by atoms with Crippen LogP contribution in [0.15, 0.2) is 54.7 Å². The predicted molar refractivity (Wildman–Crippen MR) is 111 cm³/mol. The van der Waals surface area contributed by atoms with Crippen molar-refractivity contribution < 1.29 is 37.4 Å². The zero-order valence-electron chi connectivity index (χ0n) is 17.1. The summed E-state index contributed by atoms with van der Waals surface area (Å²) >= 11 is 0. The number of fused-ring (bicyclic) bond motifs is 1. The molecule has 0 radical (unpaired) electrons. The number of carboxylic acid groups (broad SMARTS) is 1. The number of hydrogen-bond acceptors (Lipinski definition) is 4. The number of nitrogens with one attached hydrogen (secondary N) is 1. The molecule has 0 spiro atoms. The molecule has 1 aromatic heterocycles. The van der Waals surface area contributed by atoms with Crippen LogP contribution in [0.25, 0.3) is 5.69 Å². The number of carboxylic acids is 1. The number of aromatic nitrogens is 1. The lowest BCUT2D eigenvalue weighted by molar-refractivity contribution is -0.137. The summed E-state index contributed by atoms with van der Waals surface area (Å²) < 4.78 is 45.9. The van der Waals surface area contributed by atoms with Crippen molar-refractivity contribution in [2.75, 3.05) is 12.4 Å². The first-order valence-corrected chi connectivity index (χ1v) is 9.74. The van der Waals surface area contributed by atoms with E-state index in [4.69, 9.17) is 0 Å². The van der Waals surface area contributed by atoms with Crippen molar-refractivity contribution in [2.45, 2.75) is 18.5 Å². The van der Waals surface area contributed by atoms with Gasteiger partial charge in [0.2, 0.25) is 5.91 Å². The second kappa shape index (κ2) is 8.12. The minimum atomic E-state index is -4.59. The van der Waals surface area contributed by atoms with E-state index in [1.165, 1.54) is 42.1 Å². The van der Waals surface area contributed by atoms with Gasteiger partial charge in [0.05, 0.1) is 29.6 Å². The lowest BCUT2D eigenvalue weighted by atomic mass is 9.87. The highest BCUT2D eigenvalue weighted by Crippen LogP contribution is 2.42. The number of esters is 1. The highest BCUT2D eigenvalue weighted by molar-refractivity contribution is 6.04. The Morgan fingerprint density at radius 1 is 1.15 bits per heavy atom. The van der Waals surface area contributed by atoms with E-state index in [-0.39, 0.29) is 28.9 Å². The van der Waals surface area contributed by atoms with Gasteiger partial charge in [0.1, 0.15) is 5.56 Å². The minimum absolute atomic E-state index is 0.0261. The van der Waals surface area contributed by atoms with Gasteiger partial charge < -0.3 is 19.7 Å². The number of anilines is 1. The van der Waals surface area contributed by atoms with E-state index < -0.39 is 35.5 Å². The standard InChI is InChI=1S/C23H17F3N2O5/c1-33-22(32)13-7-5-12(6-8-13)16-10-18(29)27-19-17(21(30)31)11-28(20(16)19)15-4-2-3-14(9-15)23(24,25)26/h2-9,11,16H,10H2,1H3,(H,27,29)(H,30,31)/t16-/m0/s1. The minimum Gasteiger partial charge on any atom is -0.478 e. The summed E-state index contributed by atoms with van der Waals surface area (Å²) in [6.07, 6.45) is -3.45. The molecule has 0 bridgehead atoms. The molecule has 1 aliphatic heterocycles. The number of carbonyl (C=O) groups is 3. The number of carbonyl (C=O) groups excluding carboxylic acids is 2. The summed E-state index contributed by atoms with van der Waals surface area (Å²) in [5.41, 5.74) is 0.185. The maximum Gasteiger partial charge on any atom is 0.416 e. The van der Waals surface area contributed by atoms with Gasteiger partial charge in [0.15, 0.2) is 0 Å². The molecule has 170 valence electrons. The fraction of sp³-hybridized carbons (Fsp3) is 0.174. The molecule has 33 heavy (non-hydrogen) atoms. The van der Waals surface area contributed by atoms with Gasteiger partial charge in [-0.15, -0.1) is 0 Å². The predicted octanol–water partition coefficient (Wildman–Crippen LogP) is 4.46. The molecule has 2 aromatic carbocycles. The molecule has 4 rings (SSSR count). The SMILES string of the molecule is COC(=O)c1ccc([C@@H]2CC(=O)Nc3c(C(=O)O)cn(-c4cccc(C(F)(F)F)c4)c32)cc1. The van der Waals surface area contributed by atoms with Crippen molar-refractivity contribution >= 4 is 23.5 Å². The number of amides is 1. The van der Waals surface area contributed by atoms with Gasteiger partial charge in [-0.1, -0.05) is 18.2 Å². The molecule has 0 saturated heterocycles. The van der Waals surface area contributed by atoms with Crippen LogP contribution < -0.4 is 5.32 Å². The van der Waals surface area contributed by atoms with Gasteiger partial charge in [0.25, 0.3) is 0 Å². The Bertz CT molecular complexity index is 1260. The molecule has 2 N–H and O–H groups in total. The maximum absolute atomic E-state index is 13.3. The van der Waals surface area contributed by atoms with Crippen LogP contribution in [0.5, 0.6) is 0 Å². The average Bonchev–Trinajstić information content (AvgIpc) is 3.17. The largest absolute Gasteiger partial charge is 0.478 e. The first kappa shape index (κ1) is 22.1. The Morgan fingerprint density at radius 2 is 1.85 bits per heavy atom. The number of rotatable bonds is 4. The quantitative estimate of drug-likeness (QED) is 0.563. The number of benzene rings is 2. The van der Waals surface area contributed by atoms with Gasteiger partial charge in [-0.05, 0) is 35.9 Å². The van der Waals surface area contributed by atoms with Crippen molar-refractivity contribution in [1.29, 1.82) is 0 Å². The van der Waals surface area contributed by atoms with Crippen LogP contribution in [-0.2, 0) is 15.7 Å². The van der Waals surface area contributed by atoms with Gasteiger partial charge in [0, 0.05) is 24.2 Å². The van der Waals surface area contributed by atoms with Gasteiger partial charge >= 0.3 is 18.1 Å². The topological polar surface area (TPSA) is 97.6 Å². The van der Waals surface area contributed by atoms with Gasteiger partial charge in [-0.3, -0.25) is 4.79 Å². The molecule has 1 amide bonds. The van der Waals surface area contributed by atoms with Crippen LogP contribution in [0.1, 0.15) is 49.9 Å². The zero-order valence-corrected chi connectivity index (χ0v) is 17.1. The summed E-state index contributed by atoms with van der Waals surface area (Å²) in [6, 6.07) is 10.7. The molecule has 0 unspecified atom stereocenters. The fourth-order valence-electron chi connectivity index (χ4n) is 3.92. The van der Waals surface area contributed by atoms with Crippen molar-refractivity contribution in [3.8, 4) is 5.69 Å². The van der Waals surface area contributed by atoms with Crippen molar-refractivity contribution in [2.24, 2.45) is 0 Å². The number of halogens is 3. The van der Waals surface area contributed by atoms with Crippen molar-refractivity contribution in [3.05, 3.63) is 82.7 Å². The fourth-order valence-corrected chi connectivity index (χ4v) is 3.92. The molecule has 7 nitrogen and oxygen atoms in total. The summed E-state index contributed by atoms with van der Waals surface area (Å²) in [5.74, 6) is -2.99. The number of nitrogens with zero attached hydrogens (tertiary/aromatic N) is 1. The van der Waals surface area contributed by atoms with Crippen LogP contribution in [-0.4, -0.2) is 34.6 Å². The van der Waals surface area contributed by atoms with E-state index in [1.807, 2.05) is 0 Å². The van der Waals surface area contributed by atoms with E-state index in [0.717, 1.165) is 12.1 Å². The smallest absolute Gasteiger partial charge is 0.416 e. The molecule has 3 aromatic rings. The Labute approximate surface area is 185 Å². The van der Waals surface area contributed by atoms with Gasteiger partial charge in [-0.2, -0.15) is 13.2 Å². The number of ether oxygens (including phenoxy) is 1. The number of aromatic carboxylic acids is 1. The van der Waals surface area contributed by atoms with Crippen LogP contribution in [0.4, 0.5) is 18.9 Å². The first-order valence-electron chi connectivity index (χ1n) is 9.74. The third-order valence-electron chi connectivity index (χ3n) is 5.44. The van der Waals surface area contributed by atoms with Crippen LogP contribution in [0, 0.1) is 0 Å². The molecule has 0 saturated carbocycles. The molecule has 1 atom stereocenters. The van der Waals surface area contributed by atoms with Gasteiger partial charge in [-0.25, -0.2) is 9.59 Å². The van der Waals surface area contributed by atoms with E-state index >= 15 is 0 Å². The number of methoxy groups -OCH3 is 1. The van der Waals surface area contributed by atoms with Crippen molar-refractivity contribution in [1.82, 2.24) is 4.57 Å². The average molecular weight is 458 g/mol. The van der Waals surface area contributed by atoms with Crippen LogP contribution in [0.3, 0.4) is 0 Å². The summed E-state index contributed by atoms with van der Waals surface area (Å²) in [5, 5.41) is 12.2. The van der Waals surface area contributed by atoms with E-state index in [9.17, 15) is 32.7 Å². The van der Waals surface area contributed by atoms with E-state index in [1.54, 1.807) is 12.1 Å². The molecule has 1 aliphatic rings. The van der Waals surface area contributed by atoms with E-state index in [0.29, 0.717) is 11.3 Å². The zero-order chi connectivity index (χ0) is 23.9. The summed E-state index contributed by atoms with van der Waals surface area (Å²) in [6.45, 7) is 0. The second-order valence-corrected chi connectivity index (χ2v) is 7.44. The summed E-state index contributed by atoms with van der Waals surface area (Å²) in [7, 11) is 1.24. The Morgan fingerprint density at radius 3 is 2.45 bits per heavy atom. The monoisotopic (exact) mass is 458 g/mol. The second-order valence-electron chi connectivity index (χ2n) is 7.44. The normalized spacial score (nSPS) is 15.5. The molecule has 0 fully saturated rings. The molecular formula is C23H17F3N2O5. The number of hydrogen-bond donors (Lipinski definition) is 2. The molecule has 2 heterocycles. The highest BCUT2D eigenvalue weighted by atomic mass is 19.4. The molecule has 0 aliphatic carbocycles.